The summed E-state index contributed by atoms with van der Waals surface area (Å²) in [7, 11) is -3.62. The van der Waals surface area contributed by atoms with Crippen LogP contribution in [0.1, 0.15) is 5.56 Å². The van der Waals surface area contributed by atoms with Gasteiger partial charge >= 0.3 is 0 Å². The number of sulfonamides is 1. The Morgan fingerprint density at radius 2 is 2.00 bits per heavy atom. The second-order valence-corrected chi connectivity index (χ2v) is 8.28. The van der Waals surface area contributed by atoms with E-state index in [-0.39, 0.29) is 4.21 Å². The Kier molecular flexibility index (Phi) is 4.03. The van der Waals surface area contributed by atoms with E-state index in [4.69, 9.17) is 16.7 Å². The van der Waals surface area contributed by atoms with E-state index in [1.165, 1.54) is 17.8 Å². The molecule has 0 saturated carbocycles. The van der Waals surface area contributed by atoms with Crippen molar-refractivity contribution in [1.29, 1.82) is 0 Å². The van der Waals surface area contributed by atoms with Crippen molar-refractivity contribution in [3.63, 3.8) is 0 Å². The van der Waals surface area contributed by atoms with Crippen LogP contribution in [0.4, 0.5) is 0 Å². The molecule has 2 rings (SSSR count). The lowest BCUT2D eigenvalue weighted by Gasteiger charge is -2.02. The van der Waals surface area contributed by atoms with Gasteiger partial charge in [-0.15, -0.1) is 11.3 Å². The molecular weight excluding hydrogens is 310 g/mol. The highest BCUT2D eigenvalue weighted by Crippen LogP contribution is 2.38. The molecule has 96 valence electrons. The minimum Gasteiger partial charge on any atom is -0.224 e. The van der Waals surface area contributed by atoms with Crippen molar-refractivity contribution in [2.24, 2.45) is 5.14 Å². The molecule has 0 fully saturated rings. The number of thiophene rings is 1. The fourth-order valence-corrected chi connectivity index (χ4v) is 4.63. The molecule has 0 aliphatic rings. The van der Waals surface area contributed by atoms with E-state index >= 15 is 0 Å². The van der Waals surface area contributed by atoms with Crippen LogP contribution in [0, 0.1) is 6.92 Å². The van der Waals surface area contributed by atoms with Crippen molar-refractivity contribution in [1.82, 2.24) is 0 Å². The first kappa shape index (κ1) is 13.9. The Labute approximate surface area is 119 Å². The van der Waals surface area contributed by atoms with E-state index in [2.05, 4.69) is 0 Å². The average Bonchev–Trinajstić information content (AvgIpc) is 2.70. The van der Waals surface area contributed by atoms with Gasteiger partial charge in [0.1, 0.15) is 4.21 Å². The maximum absolute atomic E-state index is 11.2. The number of aryl methyl sites for hydroxylation is 1. The smallest absolute Gasteiger partial charge is 0.224 e. The minimum absolute atomic E-state index is 0.160. The Morgan fingerprint density at radius 1 is 1.28 bits per heavy atom. The molecule has 0 radical (unpaired) electrons. The summed E-state index contributed by atoms with van der Waals surface area (Å²) in [6.45, 7) is 1.96. The predicted octanol–water partition coefficient (Wildman–Crippen LogP) is 3.51. The van der Waals surface area contributed by atoms with E-state index in [1.54, 1.807) is 6.07 Å². The molecule has 0 spiro atoms. The molecule has 7 heteroatoms. The lowest BCUT2D eigenvalue weighted by molar-refractivity contribution is 0.600. The van der Waals surface area contributed by atoms with Crippen LogP contribution in [0.2, 0.25) is 5.02 Å². The number of rotatable bonds is 3. The molecule has 1 aromatic heterocycles. The largest absolute Gasteiger partial charge is 0.247 e. The van der Waals surface area contributed by atoms with Crippen molar-refractivity contribution in [2.45, 2.75) is 20.2 Å². The number of halogens is 1. The zero-order valence-electron chi connectivity index (χ0n) is 9.38. The van der Waals surface area contributed by atoms with Gasteiger partial charge in [0.25, 0.3) is 0 Å². The first-order valence-corrected chi connectivity index (χ1v) is 8.48. The highest BCUT2D eigenvalue weighted by molar-refractivity contribution is 8.01. The van der Waals surface area contributed by atoms with Gasteiger partial charge in [0.05, 0.1) is 9.23 Å². The second kappa shape index (κ2) is 5.22. The summed E-state index contributed by atoms with van der Waals surface area (Å²) in [4.78, 5) is 0.894. The Hall–Kier alpha value is -0.530. The highest BCUT2D eigenvalue weighted by atomic mass is 35.5. The third kappa shape index (κ3) is 3.27. The monoisotopic (exact) mass is 319 g/mol. The van der Waals surface area contributed by atoms with Gasteiger partial charge in [-0.25, -0.2) is 13.6 Å². The summed E-state index contributed by atoms with van der Waals surface area (Å²) in [5.74, 6) is 0. The summed E-state index contributed by atoms with van der Waals surface area (Å²) >= 11 is 8.68. The van der Waals surface area contributed by atoms with Crippen LogP contribution < -0.4 is 5.14 Å². The Balaban J connectivity index is 2.27. The van der Waals surface area contributed by atoms with Gasteiger partial charge in [-0.1, -0.05) is 29.4 Å². The molecule has 0 atom stereocenters. The zero-order chi connectivity index (χ0) is 13.3. The van der Waals surface area contributed by atoms with Gasteiger partial charge < -0.3 is 0 Å². The molecule has 0 saturated heterocycles. The SMILES string of the molecule is Cc1ccc(Sc2ccc(S(N)(=O)=O)s2)c(Cl)c1. The molecule has 0 amide bonds. The molecule has 2 N–H and O–H groups in total. The lowest BCUT2D eigenvalue weighted by atomic mass is 10.2. The number of primary sulfonamides is 1. The molecule has 18 heavy (non-hydrogen) atoms. The zero-order valence-corrected chi connectivity index (χ0v) is 12.6. The molecule has 0 aliphatic carbocycles. The topological polar surface area (TPSA) is 60.2 Å². The number of nitrogens with two attached hydrogens (primary N) is 1. The summed E-state index contributed by atoms with van der Waals surface area (Å²) in [5.41, 5.74) is 1.08. The number of hydrogen-bond donors (Lipinski definition) is 1. The number of hydrogen-bond acceptors (Lipinski definition) is 4. The van der Waals surface area contributed by atoms with Crippen LogP contribution in [0.3, 0.4) is 0 Å². The highest BCUT2D eigenvalue weighted by Gasteiger charge is 2.12. The Morgan fingerprint density at radius 3 is 2.56 bits per heavy atom. The first-order chi connectivity index (χ1) is 8.36. The maximum Gasteiger partial charge on any atom is 0.247 e. The molecule has 2 aromatic rings. The quantitative estimate of drug-likeness (QED) is 0.941. The molecule has 0 aliphatic heterocycles. The van der Waals surface area contributed by atoms with Crippen LogP contribution in [0.15, 0.2) is 43.6 Å². The van der Waals surface area contributed by atoms with Crippen molar-refractivity contribution >= 4 is 44.7 Å². The van der Waals surface area contributed by atoms with Gasteiger partial charge in [0.15, 0.2) is 0 Å². The maximum atomic E-state index is 11.2. The first-order valence-electron chi connectivity index (χ1n) is 4.93. The van der Waals surface area contributed by atoms with E-state index in [0.29, 0.717) is 5.02 Å². The van der Waals surface area contributed by atoms with Gasteiger partial charge in [0.2, 0.25) is 10.0 Å². The molecular formula is C11H10ClNO2S3. The third-order valence-electron chi connectivity index (χ3n) is 2.14. The van der Waals surface area contributed by atoms with Gasteiger partial charge in [0, 0.05) is 4.90 Å². The molecule has 0 unspecified atom stereocenters. The lowest BCUT2D eigenvalue weighted by Crippen LogP contribution is -2.09. The van der Waals surface area contributed by atoms with E-state index in [9.17, 15) is 8.42 Å². The van der Waals surface area contributed by atoms with Crippen molar-refractivity contribution in [2.75, 3.05) is 0 Å². The normalized spacial score (nSPS) is 11.7. The fraction of sp³-hybridized carbons (Fsp3) is 0.0909. The minimum atomic E-state index is -3.62. The van der Waals surface area contributed by atoms with Crippen molar-refractivity contribution < 1.29 is 8.42 Å². The second-order valence-electron chi connectivity index (χ2n) is 3.65. The molecule has 1 heterocycles. The summed E-state index contributed by atoms with van der Waals surface area (Å²) in [5, 5.41) is 5.72. The Bertz CT molecular complexity index is 679. The van der Waals surface area contributed by atoms with Crippen LogP contribution >= 0.6 is 34.7 Å². The van der Waals surface area contributed by atoms with Crippen LogP contribution in [-0.4, -0.2) is 8.42 Å². The molecule has 0 bridgehead atoms. The van der Waals surface area contributed by atoms with Gasteiger partial charge in [-0.3, -0.25) is 0 Å². The van der Waals surface area contributed by atoms with Crippen molar-refractivity contribution in [3.8, 4) is 0 Å². The van der Waals surface area contributed by atoms with E-state index < -0.39 is 10.0 Å². The average molecular weight is 320 g/mol. The number of benzene rings is 1. The van der Waals surface area contributed by atoms with Crippen LogP contribution in [0.5, 0.6) is 0 Å². The third-order valence-corrected chi connectivity index (χ3v) is 6.29. The van der Waals surface area contributed by atoms with E-state index in [0.717, 1.165) is 26.0 Å². The summed E-state index contributed by atoms with van der Waals surface area (Å²) < 4.78 is 23.3. The molecule has 3 nitrogen and oxygen atoms in total. The standard InChI is InChI=1S/C11H10ClNO2S3/c1-7-2-3-9(8(12)6-7)16-10-4-5-11(17-10)18(13,14)15/h2-6H,1H3,(H2,13,14,15). The van der Waals surface area contributed by atoms with Crippen LogP contribution in [0.25, 0.3) is 0 Å². The van der Waals surface area contributed by atoms with Crippen molar-refractivity contribution in [3.05, 3.63) is 40.9 Å². The van der Waals surface area contributed by atoms with E-state index in [1.807, 2.05) is 25.1 Å². The predicted molar refractivity (Wildman–Crippen MR) is 76.0 cm³/mol. The summed E-state index contributed by atoms with van der Waals surface area (Å²) in [6, 6.07) is 8.98. The van der Waals surface area contributed by atoms with Crippen LogP contribution in [-0.2, 0) is 10.0 Å². The fourth-order valence-electron chi connectivity index (χ4n) is 1.31. The summed E-state index contributed by atoms with van der Waals surface area (Å²) in [6.07, 6.45) is 0. The van der Waals surface area contributed by atoms with Gasteiger partial charge in [-0.05, 0) is 36.8 Å². The van der Waals surface area contributed by atoms with Gasteiger partial charge in [-0.2, -0.15) is 0 Å². The molecule has 1 aromatic carbocycles.